The molecule has 166 valence electrons. The third-order valence-corrected chi connectivity index (χ3v) is 7.05. The molecule has 1 aromatic carbocycles. The van der Waals surface area contributed by atoms with Gasteiger partial charge in [-0.1, -0.05) is 37.1 Å². The molecule has 5 rings (SSSR count). The van der Waals surface area contributed by atoms with Crippen molar-refractivity contribution in [2.75, 3.05) is 18.4 Å². The second-order valence-corrected chi connectivity index (χ2v) is 9.18. The standard InChI is InChI=1S/C26H31N5S/c32-26-29-24(23-13-6-7-15-28-23)25(20-14-18-30(19-20)22-11-4-5-12-22)31(26)17-8-16-27-21-9-2-1-3-10-21/h1-3,6-7,9-10,13-15,18-19,22,24-25,27H,4-5,8,11-12,16-17H2,(H,29,32)/t24-,25+/m1/s1. The molecule has 0 spiro atoms. The molecular formula is C26H31N5S. The maximum Gasteiger partial charge on any atom is 0.170 e. The first-order valence-electron chi connectivity index (χ1n) is 11.7. The number of pyridine rings is 1. The summed E-state index contributed by atoms with van der Waals surface area (Å²) < 4.78 is 2.42. The van der Waals surface area contributed by atoms with Crippen molar-refractivity contribution in [2.45, 2.75) is 50.2 Å². The van der Waals surface area contributed by atoms with Crippen molar-refractivity contribution < 1.29 is 0 Å². The minimum Gasteiger partial charge on any atom is -0.385 e. The highest BCUT2D eigenvalue weighted by atomic mass is 32.1. The van der Waals surface area contributed by atoms with Crippen LogP contribution in [0.25, 0.3) is 0 Å². The van der Waals surface area contributed by atoms with Gasteiger partial charge in [-0.05, 0) is 67.4 Å². The van der Waals surface area contributed by atoms with E-state index in [1.54, 1.807) is 0 Å². The van der Waals surface area contributed by atoms with Crippen molar-refractivity contribution in [3.05, 3.63) is 84.4 Å². The van der Waals surface area contributed by atoms with Gasteiger partial charge < -0.3 is 20.1 Å². The first kappa shape index (κ1) is 21.0. The smallest absolute Gasteiger partial charge is 0.170 e. The lowest BCUT2D eigenvalue weighted by Crippen LogP contribution is -2.31. The summed E-state index contributed by atoms with van der Waals surface area (Å²) in [5, 5.41) is 7.91. The number of anilines is 1. The molecule has 3 heterocycles. The molecule has 2 atom stereocenters. The second kappa shape index (κ2) is 9.74. The number of hydrogen-bond donors (Lipinski definition) is 2. The highest BCUT2D eigenvalue weighted by Crippen LogP contribution is 2.40. The molecule has 2 aromatic heterocycles. The Bertz CT molecular complexity index is 1010. The van der Waals surface area contributed by atoms with Crippen LogP contribution in [0.5, 0.6) is 0 Å². The number of benzene rings is 1. The average molecular weight is 446 g/mol. The number of nitrogens with zero attached hydrogens (tertiary/aromatic N) is 3. The van der Waals surface area contributed by atoms with E-state index in [4.69, 9.17) is 12.2 Å². The summed E-state index contributed by atoms with van der Waals surface area (Å²) in [6.45, 7) is 1.81. The average Bonchev–Trinajstić information content (AvgIpc) is 3.58. The van der Waals surface area contributed by atoms with Gasteiger partial charge in [0, 0.05) is 43.4 Å². The Morgan fingerprint density at radius 3 is 2.62 bits per heavy atom. The fraction of sp³-hybridized carbons (Fsp3) is 0.385. The van der Waals surface area contributed by atoms with Gasteiger partial charge in [-0.15, -0.1) is 0 Å². The van der Waals surface area contributed by atoms with E-state index in [2.05, 4.69) is 79.9 Å². The van der Waals surface area contributed by atoms with Crippen molar-refractivity contribution in [3.8, 4) is 0 Å². The van der Waals surface area contributed by atoms with E-state index in [0.717, 1.165) is 36.0 Å². The van der Waals surface area contributed by atoms with Crippen LogP contribution in [-0.4, -0.2) is 32.7 Å². The molecule has 2 fully saturated rings. The Morgan fingerprint density at radius 2 is 1.84 bits per heavy atom. The van der Waals surface area contributed by atoms with Crippen LogP contribution in [0.1, 0.15) is 61.5 Å². The van der Waals surface area contributed by atoms with Crippen LogP contribution < -0.4 is 10.6 Å². The molecular weight excluding hydrogens is 414 g/mol. The second-order valence-electron chi connectivity index (χ2n) is 8.80. The van der Waals surface area contributed by atoms with E-state index in [9.17, 15) is 0 Å². The van der Waals surface area contributed by atoms with Gasteiger partial charge >= 0.3 is 0 Å². The van der Waals surface area contributed by atoms with E-state index in [-0.39, 0.29) is 12.1 Å². The van der Waals surface area contributed by atoms with Crippen molar-refractivity contribution >= 4 is 23.0 Å². The monoisotopic (exact) mass is 445 g/mol. The van der Waals surface area contributed by atoms with Crippen LogP contribution in [0.15, 0.2) is 73.2 Å². The summed E-state index contributed by atoms with van der Waals surface area (Å²) in [7, 11) is 0. The van der Waals surface area contributed by atoms with Gasteiger partial charge in [0.1, 0.15) is 0 Å². The van der Waals surface area contributed by atoms with Gasteiger partial charge in [-0.25, -0.2) is 0 Å². The van der Waals surface area contributed by atoms with Gasteiger partial charge in [0.05, 0.1) is 17.8 Å². The summed E-state index contributed by atoms with van der Waals surface area (Å²) >= 11 is 5.81. The van der Waals surface area contributed by atoms with Crippen molar-refractivity contribution in [1.29, 1.82) is 0 Å². The van der Waals surface area contributed by atoms with Gasteiger partial charge in [0.2, 0.25) is 0 Å². The van der Waals surface area contributed by atoms with Gasteiger partial charge in [0.15, 0.2) is 5.11 Å². The third kappa shape index (κ3) is 4.51. The molecule has 32 heavy (non-hydrogen) atoms. The predicted molar refractivity (Wildman–Crippen MR) is 134 cm³/mol. The fourth-order valence-electron chi connectivity index (χ4n) is 5.08. The Hall–Kier alpha value is -2.86. The number of rotatable bonds is 8. The van der Waals surface area contributed by atoms with Crippen molar-refractivity contribution in [3.63, 3.8) is 0 Å². The molecule has 5 nitrogen and oxygen atoms in total. The van der Waals surface area contributed by atoms with Crippen molar-refractivity contribution in [1.82, 2.24) is 19.8 Å². The Labute approximate surface area is 195 Å². The molecule has 1 aliphatic heterocycles. The normalized spacial score (nSPS) is 21.1. The van der Waals surface area contributed by atoms with Crippen LogP contribution in [0.2, 0.25) is 0 Å². The van der Waals surface area contributed by atoms with E-state index in [0.29, 0.717) is 6.04 Å². The number of para-hydroxylation sites is 1. The number of nitrogens with one attached hydrogen (secondary N) is 2. The predicted octanol–water partition coefficient (Wildman–Crippen LogP) is 5.47. The van der Waals surface area contributed by atoms with Crippen LogP contribution in [0.4, 0.5) is 5.69 Å². The van der Waals surface area contributed by atoms with Gasteiger partial charge in [0.25, 0.3) is 0 Å². The zero-order chi connectivity index (χ0) is 21.8. The molecule has 2 N–H and O–H groups in total. The molecule has 0 amide bonds. The largest absolute Gasteiger partial charge is 0.385 e. The fourth-order valence-corrected chi connectivity index (χ4v) is 5.41. The SMILES string of the molecule is S=C1N[C@H](c2ccccn2)[C@H](c2ccn(C3CCCC3)c2)N1CCCNc1ccccc1. The number of thiocarbonyl (C=S) groups is 1. The van der Waals surface area contributed by atoms with E-state index < -0.39 is 0 Å². The number of hydrogen-bond acceptors (Lipinski definition) is 3. The Kier molecular flexibility index (Phi) is 6.39. The summed E-state index contributed by atoms with van der Waals surface area (Å²) in [4.78, 5) is 7.01. The zero-order valence-corrected chi connectivity index (χ0v) is 19.2. The molecule has 1 aliphatic carbocycles. The van der Waals surface area contributed by atoms with Crippen LogP contribution in [0, 0.1) is 0 Å². The minimum absolute atomic E-state index is 0.0604. The van der Waals surface area contributed by atoms with E-state index >= 15 is 0 Å². The lowest BCUT2D eigenvalue weighted by molar-refractivity contribution is 0.315. The maximum atomic E-state index is 5.81. The lowest BCUT2D eigenvalue weighted by Gasteiger charge is -2.27. The van der Waals surface area contributed by atoms with E-state index in [1.165, 1.54) is 31.2 Å². The maximum absolute atomic E-state index is 5.81. The summed E-state index contributed by atoms with van der Waals surface area (Å²) in [5.41, 5.74) is 3.51. The zero-order valence-electron chi connectivity index (χ0n) is 18.4. The highest BCUT2D eigenvalue weighted by molar-refractivity contribution is 7.80. The summed E-state index contributed by atoms with van der Waals surface area (Å²) in [6, 6.07) is 19.6. The molecule has 0 radical (unpaired) electrons. The Balaban J connectivity index is 1.34. The first-order valence-corrected chi connectivity index (χ1v) is 12.1. The molecule has 1 saturated heterocycles. The number of aromatic nitrogens is 2. The summed E-state index contributed by atoms with van der Waals surface area (Å²) in [6.07, 6.45) is 12.7. The third-order valence-electron chi connectivity index (χ3n) is 6.70. The Morgan fingerprint density at radius 1 is 1.03 bits per heavy atom. The van der Waals surface area contributed by atoms with E-state index in [1.807, 2.05) is 18.3 Å². The molecule has 0 unspecified atom stereocenters. The van der Waals surface area contributed by atoms with Crippen LogP contribution >= 0.6 is 12.2 Å². The van der Waals surface area contributed by atoms with Gasteiger partial charge in [-0.3, -0.25) is 4.98 Å². The minimum atomic E-state index is 0.0604. The first-order chi connectivity index (χ1) is 15.8. The van der Waals surface area contributed by atoms with Crippen molar-refractivity contribution in [2.24, 2.45) is 0 Å². The van der Waals surface area contributed by atoms with Crippen LogP contribution in [-0.2, 0) is 0 Å². The topological polar surface area (TPSA) is 45.1 Å². The molecule has 2 aliphatic rings. The molecule has 1 saturated carbocycles. The molecule has 6 heteroatoms. The summed E-state index contributed by atoms with van der Waals surface area (Å²) in [5.74, 6) is 0. The molecule has 3 aromatic rings. The van der Waals surface area contributed by atoms with Crippen LogP contribution in [0.3, 0.4) is 0 Å². The lowest BCUT2D eigenvalue weighted by atomic mass is 9.99. The highest BCUT2D eigenvalue weighted by Gasteiger charge is 2.40. The quantitative estimate of drug-likeness (QED) is 0.355. The molecule has 0 bridgehead atoms. The van der Waals surface area contributed by atoms with Gasteiger partial charge in [-0.2, -0.15) is 0 Å².